The summed E-state index contributed by atoms with van der Waals surface area (Å²) in [7, 11) is 0. The summed E-state index contributed by atoms with van der Waals surface area (Å²) in [5.74, 6) is -1.26. The second-order valence-electron chi connectivity index (χ2n) is 6.39. The molecule has 0 spiro atoms. The van der Waals surface area contributed by atoms with Crippen LogP contribution in [0.15, 0.2) is 0 Å². The maximum absolute atomic E-state index is 11.9. The number of aliphatic carboxylic acids is 1. The minimum Gasteiger partial charge on any atom is -0.480 e. The molecule has 2 N–H and O–H groups in total. The second-order valence-corrected chi connectivity index (χ2v) is 7.71. The highest BCUT2D eigenvalue weighted by Gasteiger charge is 2.25. The van der Waals surface area contributed by atoms with Crippen LogP contribution in [0.5, 0.6) is 0 Å². The second kappa shape index (κ2) is 12.9. The van der Waals surface area contributed by atoms with E-state index in [1.165, 1.54) is 11.8 Å². The molecule has 0 unspecified atom stereocenters. The molecule has 0 aliphatic rings. The fourth-order valence-electron chi connectivity index (χ4n) is 1.67. The van der Waals surface area contributed by atoms with Crippen molar-refractivity contribution in [2.24, 2.45) is 11.8 Å². The summed E-state index contributed by atoms with van der Waals surface area (Å²) in [6.07, 6.45) is 1.25. The van der Waals surface area contributed by atoms with Gasteiger partial charge in [0.2, 0.25) is 0 Å². The standard InChI is InChI=1S/C17H31NO6S/c1-6-7-8-9-25-13(14(19)20)10-18-17(22)24-16(12(4)5)23-15(21)11(2)3/h11-13,16H,6-10H2,1-5H3,(H,18,22)(H,19,20)/t13-,16+/m0/s1. The topological polar surface area (TPSA) is 102 Å². The lowest BCUT2D eigenvalue weighted by atomic mass is 10.2. The van der Waals surface area contributed by atoms with Crippen LogP contribution >= 0.6 is 11.8 Å². The lowest BCUT2D eigenvalue weighted by Gasteiger charge is -2.22. The third-order valence-corrected chi connectivity index (χ3v) is 4.54. The predicted molar refractivity (Wildman–Crippen MR) is 97.4 cm³/mol. The van der Waals surface area contributed by atoms with E-state index >= 15 is 0 Å². The van der Waals surface area contributed by atoms with Crippen LogP contribution in [-0.2, 0) is 19.1 Å². The van der Waals surface area contributed by atoms with E-state index in [1.807, 2.05) is 0 Å². The molecule has 2 atom stereocenters. The van der Waals surface area contributed by atoms with Crippen molar-refractivity contribution < 1.29 is 29.0 Å². The normalized spacial score (nSPS) is 13.4. The monoisotopic (exact) mass is 377 g/mol. The van der Waals surface area contributed by atoms with E-state index in [0.717, 1.165) is 25.0 Å². The molecule has 0 aromatic rings. The zero-order valence-corrected chi connectivity index (χ0v) is 16.6. The molecule has 8 heteroatoms. The number of esters is 1. The van der Waals surface area contributed by atoms with Crippen LogP contribution in [0.25, 0.3) is 0 Å². The number of ether oxygens (including phenoxy) is 2. The fourth-order valence-corrected chi connectivity index (χ4v) is 2.66. The Labute approximate surface area is 154 Å². The molecular weight excluding hydrogens is 346 g/mol. The van der Waals surface area contributed by atoms with Crippen LogP contribution in [0.1, 0.15) is 53.9 Å². The van der Waals surface area contributed by atoms with Gasteiger partial charge < -0.3 is 19.9 Å². The summed E-state index contributed by atoms with van der Waals surface area (Å²) in [6.45, 7) is 8.92. The zero-order valence-electron chi connectivity index (χ0n) is 15.7. The van der Waals surface area contributed by atoms with Gasteiger partial charge in [-0.05, 0) is 12.2 Å². The summed E-state index contributed by atoms with van der Waals surface area (Å²) < 4.78 is 10.3. The van der Waals surface area contributed by atoms with Gasteiger partial charge in [-0.25, -0.2) is 4.79 Å². The molecule has 0 aromatic heterocycles. The Balaban J connectivity index is 4.42. The molecule has 0 radical (unpaired) electrons. The van der Waals surface area contributed by atoms with Gasteiger partial charge in [-0.15, -0.1) is 11.8 Å². The zero-order chi connectivity index (χ0) is 19.4. The third-order valence-electron chi connectivity index (χ3n) is 3.25. The Kier molecular flexibility index (Phi) is 12.1. The molecule has 0 saturated carbocycles. The van der Waals surface area contributed by atoms with E-state index in [2.05, 4.69) is 12.2 Å². The van der Waals surface area contributed by atoms with E-state index in [0.29, 0.717) is 0 Å². The molecule has 25 heavy (non-hydrogen) atoms. The first-order chi connectivity index (χ1) is 11.7. The summed E-state index contributed by atoms with van der Waals surface area (Å²) in [6, 6.07) is 0. The number of rotatable bonds is 12. The number of carboxylic acid groups (broad SMARTS) is 1. The molecular formula is C17H31NO6S. The van der Waals surface area contributed by atoms with Crippen LogP contribution in [0, 0.1) is 11.8 Å². The van der Waals surface area contributed by atoms with Gasteiger partial charge >= 0.3 is 18.0 Å². The molecule has 0 heterocycles. The van der Waals surface area contributed by atoms with E-state index < -0.39 is 29.6 Å². The highest BCUT2D eigenvalue weighted by Crippen LogP contribution is 2.15. The van der Waals surface area contributed by atoms with Gasteiger partial charge in [0.05, 0.1) is 5.92 Å². The number of alkyl carbamates (subject to hydrolysis) is 1. The number of nitrogens with one attached hydrogen (secondary N) is 1. The number of carbonyl (C=O) groups is 3. The molecule has 0 bridgehead atoms. The molecule has 0 fully saturated rings. The number of amides is 1. The predicted octanol–water partition coefficient (Wildman–Crippen LogP) is 3.27. The Morgan fingerprint density at radius 3 is 2.20 bits per heavy atom. The lowest BCUT2D eigenvalue weighted by Crippen LogP contribution is -2.39. The van der Waals surface area contributed by atoms with Crippen molar-refractivity contribution in [2.45, 2.75) is 65.4 Å². The van der Waals surface area contributed by atoms with Crippen molar-refractivity contribution in [3.8, 4) is 0 Å². The van der Waals surface area contributed by atoms with Crippen LogP contribution in [0.4, 0.5) is 4.79 Å². The first-order valence-electron chi connectivity index (χ1n) is 8.68. The highest BCUT2D eigenvalue weighted by atomic mass is 32.2. The number of thioether (sulfide) groups is 1. The van der Waals surface area contributed by atoms with Gasteiger partial charge in [0.25, 0.3) is 6.29 Å². The first-order valence-corrected chi connectivity index (χ1v) is 9.73. The van der Waals surface area contributed by atoms with Crippen LogP contribution in [-0.4, -0.2) is 47.0 Å². The number of hydrogen-bond donors (Lipinski definition) is 2. The molecule has 0 saturated heterocycles. The Bertz CT molecular complexity index is 427. The maximum Gasteiger partial charge on any atom is 0.410 e. The Morgan fingerprint density at radius 1 is 1.08 bits per heavy atom. The van der Waals surface area contributed by atoms with E-state index in [-0.39, 0.29) is 18.4 Å². The summed E-state index contributed by atoms with van der Waals surface area (Å²) in [4.78, 5) is 34.8. The quantitative estimate of drug-likeness (QED) is 0.306. The van der Waals surface area contributed by atoms with Crippen molar-refractivity contribution in [1.29, 1.82) is 0 Å². The molecule has 7 nitrogen and oxygen atoms in total. The number of hydrogen-bond acceptors (Lipinski definition) is 6. The molecule has 0 rings (SSSR count). The SMILES string of the molecule is CCCCCS[C@@H](CNC(=O)O[C@@H](OC(=O)C(C)C)C(C)C)C(=O)O. The average molecular weight is 378 g/mol. The van der Waals surface area contributed by atoms with Crippen LogP contribution in [0.2, 0.25) is 0 Å². The maximum atomic E-state index is 11.9. The van der Waals surface area contributed by atoms with Crippen molar-refractivity contribution >= 4 is 29.8 Å². The molecule has 0 aliphatic heterocycles. The number of unbranched alkanes of at least 4 members (excludes halogenated alkanes) is 2. The Hall–Kier alpha value is -1.44. The van der Waals surface area contributed by atoms with Gasteiger partial charge in [-0.2, -0.15) is 0 Å². The summed E-state index contributed by atoms with van der Waals surface area (Å²) >= 11 is 1.30. The number of carboxylic acids is 1. The third kappa shape index (κ3) is 10.9. The van der Waals surface area contributed by atoms with Crippen molar-refractivity contribution in [3.63, 3.8) is 0 Å². The average Bonchev–Trinajstić information content (AvgIpc) is 2.52. The highest BCUT2D eigenvalue weighted by molar-refractivity contribution is 8.00. The van der Waals surface area contributed by atoms with E-state index in [1.54, 1.807) is 27.7 Å². The van der Waals surface area contributed by atoms with Gasteiger partial charge in [0.15, 0.2) is 0 Å². The Morgan fingerprint density at radius 2 is 1.72 bits per heavy atom. The van der Waals surface area contributed by atoms with E-state index in [9.17, 15) is 19.5 Å². The largest absolute Gasteiger partial charge is 0.480 e. The first kappa shape index (κ1) is 23.6. The van der Waals surface area contributed by atoms with Gasteiger partial charge in [0, 0.05) is 12.5 Å². The van der Waals surface area contributed by atoms with Gasteiger partial charge in [-0.3, -0.25) is 9.59 Å². The number of carbonyl (C=O) groups excluding carboxylic acids is 2. The van der Waals surface area contributed by atoms with Crippen molar-refractivity contribution in [3.05, 3.63) is 0 Å². The molecule has 146 valence electrons. The smallest absolute Gasteiger partial charge is 0.410 e. The molecule has 1 amide bonds. The van der Waals surface area contributed by atoms with Crippen LogP contribution < -0.4 is 5.32 Å². The van der Waals surface area contributed by atoms with Gasteiger partial charge in [0.1, 0.15) is 5.25 Å². The van der Waals surface area contributed by atoms with Gasteiger partial charge in [-0.1, -0.05) is 47.5 Å². The summed E-state index contributed by atoms with van der Waals surface area (Å²) in [5, 5.41) is 10.9. The van der Waals surface area contributed by atoms with E-state index in [4.69, 9.17) is 9.47 Å². The minimum absolute atomic E-state index is 0.0477. The molecule has 0 aliphatic carbocycles. The fraction of sp³-hybridized carbons (Fsp3) is 0.824. The lowest BCUT2D eigenvalue weighted by molar-refractivity contribution is -0.178. The van der Waals surface area contributed by atoms with Crippen molar-refractivity contribution in [1.82, 2.24) is 5.32 Å². The molecule has 0 aromatic carbocycles. The summed E-state index contributed by atoms with van der Waals surface area (Å²) in [5.41, 5.74) is 0. The minimum atomic E-state index is -1.00. The van der Waals surface area contributed by atoms with Crippen LogP contribution in [0.3, 0.4) is 0 Å². The van der Waals surface area contributed by atoms with Crippen molar-refractivity contribution in [2.75, 3.05) is 12.3 Å².